The van der Waals surface area contributed by atoms with Crippen LogP contribution < -0.4 is 4.72 Å². The van der Waals surface area contributed by atoms with Gasteiger partial charge < -0.3 is 14.7 Å². The molecule has 2 N–H and O–H groups in total. The van der Waals surface area contributed by atoms with E-state index in [4.69, 9.17) is 21.4 Å². The molecule has 10 heteroatoms. The fourth-order valence-corrected chi connectivity index (χ4v) is 3.06. The SMILES string of the molecule is CNS(=O)(=O)c1ccc(Cl)c(C(=O)N2CCO[C@H](C(=O)O)C2)c1. The minimum atomic E-state index is -3.72. The summed E-state index contributed by atoms with van der Waals surface area (Å²) in [6.07, 6.45) is -1.12. The lowest BCUT2D eigenvalue weighted by Crippen LogP contribution is -2.48. The van der Waals surface area contributed by atoms with Gasteiger partial charge in [0, 0.05) is 6.54 Å². The van der Waals surface area contributed by atoms with Crippen LogP contribution in [0.25, 0.3) is 0 Å². The summed E-state index contributed by atoms with van der Waals surface area (Å²) in [4.78, 5) is 24.7. The average Bonchev–Trinajstić information content (AvgIpc) is 2.54. The molecule has 126 valence electrons. The fraction of sp³-hybridized carbons (Fsp3) is 0.385. The molecule has 1 atom stereocenters. The predicted molar refractivity (Wildman–Crippen MR) is 81.0 cm³/mol. The Morgan fingerprint density at radius 1 is 1.43 bits per heavy atom. The molecule has 0 radical (unpaired) electrons. The molecule has 1 aliphatic heterocycles. The van der Waals surface area contributed by atoms with Crippen LogP contribution in [0.5, 0.6) is 0 Å². The van der Waals surface area contributed by atoms with E-state index in [9.17, 15) is 18.0 Å². The molecule has 1 amide bonds. The molecule has 0 bridgehead atoms. The van der Waals surface area contributed by atoms with Gasteiger partial charge in [0.05, 0.1) is 28.6 Å². The van der Waals surface area contributed by atoms with Crippen LogP contribution in [0.2, 0.25) is 5.02 Å². The summed E-state index contributed by atoms with van der Waals surface area (Å²) in [5.74, 6) is -1.71. The molecule has 23 heavy (non-hydrogen) atoms. The number of carboxylic acids is 1. The van der Waals surface area contributed by atoms with Crippen molar-refractivity contribution in [1.29, 1.82) is 0 Å². The number of nitrogens with one attached hydrogen (secondary N) is 1. The molecule has 8 nitrogen and oxygen atoms in total. The van der Waals surface area contributed by atoms with Crippen LogP contribution in [-0.2, 0) is 19.6 Å². The molecular weight excluding hydrogens is 348 g/mol. The van der Waals surface area contributed by atoms with Gasteiger partial charge in [-0.05, 0) is 25.2 Å². The van der Waals surface area contributed by atoms with Gasteiger partial charge in [-0.1, -0.05) is 11.6 Å². The van der Waals surface area contributed by atoms with Crippen molar-refractivity contribution in [1.82, 2.24) is 9.62 Å². The second kappa shape index (κ2) is 6.83. The zero-order valence-electron chi connectivity index (χ0n) is 12.2. The smallest absolute Gasteiger partial charge is 0.334 e. The third-order valence-electron chi connectivity index (χ3n) is 3.38. The van der Waals surface area contributed by atoms with Gasteiger partial charge in [-0.25, -0.2) is 17.9 Å². The maximum absolute atomic E-state index is 12.5. The summed E-state index contributed by atoms with van der Waals surface area (Å²) in [6.45, 7) is 0.143. The van der Waals surface area contributed by atoms with E-state index in [1.54, 1.807) is 0 Å². The van der Waals surface area contributed by atoms with Crippen LogP contribution in [0.3, 0.4) is 0 Å². The van der Waals surface area contributed by atoms with Crippen molar-refractivity contribution >= 4 is 33.5 Å². The Labute approximate surface area is 138 Å². The Morgan fingerprint density at radius 3 is 2.74 bits per heavy atom. The standard InChI is InChI=1S/C13H15ClN2O6S/c1-15-23(20,21)8-2-3-10(14)9(6-8)12(17)16-4-5-22-11(7-16)13(18)19/h2-3,6,11,15H,4-5,7H2,1H3,(H,18,19)/t11-/m0/s1. The first kappa shape index (κ1) is 17.7. The first-order valence-electron chi connectivity index (χ1n) is 6.63. The highest BCUT2D eigenvalue weighted by Crippen LogP contribution is 2.23. The van der Waals surface area contributed by atoms with Gasteiger partial charge in [-0.3, -0.25) is 4.79 Å². The summed E-state index contributed by atoms with van der Waals surface area (Å²) in [5.41, 5.74) is -0.00553. The minimum absolute atomic E-state index is 0.00553. The molecule has 1 saturated heterocycles. The van der Waals surface area contributed by atoms with Crippen molar-refractivity contribution in [2.75, 3.05) is 26.7 Å². The number of aliphatic carboxylic acids is 1. The second-order valence-corrected chi connectivity index (χ2v) is 7.09. The van der Waals surface area contributed by atoms with Gasteiger partial charge in [0.15, 0.2) is 6.10 Å². The first-order chi connectivity index (χ1) is 10.8. The van der Waals surface area contributed by atoms with Gasteiger partial charge >= 0.3 is 5.97 Å². The van der Waals surface area contributed by atoms with Gasteiger partial charge in [0.1, 0.15) is 0 Å². The molecule has 0 saturated carbocycles. The highest BCUT2D eigenvalue weighted by atomic mass is 35.5. The molecule has 1 fully saturated rings. The number of nitrogens with zero attached hydrogens (tertiary/aromatic N) is 1. The van der Waals surface area contributed by atoms with E-state index in [1.807, 2.05) is 0 Å². The number of benzene rings is 1. The number of ether oxygens (including phenoxy) is 1. The van der Waals surface area contributed by atoms with Gasteiger partial charge in [0.25, 0.3) is 5.91 Å². The monoisotopic (exact) mass is 362 g/mol. The Hall–Kier alpha value is -1.68. The maximum Gasteiger partial charge on any atom is 0.334 e. The highest BCUT2D eigenvalue weighted by Gasteiger charge is 2.30. The van der Waals surface area contributed by atoms with E-state index >= 15 is 0 Å². The number of halogens is 1. The first-order valence-corrected chi connectivity index (χ1v) is 8.49. The molecule has 2 rings (SSSR count). The number of carboxylic acid groups (broad SMARTS) is 1. The van der Waals surface area contributed by atoms with Crippen molar-refractivity contribution in [3.8, 4) is 0 Å². The number of morpholine rings is 1. The molecule has 0 aliphatic carbocycles. The van der Waals surface area contributed by atoms with Crippen molar-refractivity contribution in [2.45, 2.75) is 11.0 Å². The number of sulfonamides is 1. The molecular formula is C13H15ClN2O6S. The Bertz CT molecular complexity index is 736. The lowest BCUT2D eigenvalue weighted by atomic mass is 10.1. The van der Waals surface area contributed by atoms with E-state index in [0.717, 1.165) is 0 Å². The quantitative estimate of drug-likeness (QED) is 0.789. The van der Waals surface area contributed by atoms with Crippen LogP contribution in [0.1, 0.15) is 10.4 Å². The zero-order valence-corrected chi connectivity index (χ0v) is 13.7. The number of hydrogen-bond acceptors (Lipinski definition) is 5. The van der Waals surface area contributed by atoms with E-state index in [1.165, 1.54) is 30.1 Å². The number of carbonyl (C=O) groups excluding carboxylic acids is 1. The normalized spacial score (nSPS) is 18.7. The van der Waals surface area contributed by atoms with Crippen LogP contribution in [0, 0.1) is 0 Å². The van der Waals surface area contributed by atoms with E-state index in [-0.39, 0.29) is 35.2 Å². The highest BCUT2D eigenvalue weighted by molar-refractivity contribution is 7.89. The minimum Gasteiger partial charge on any atom is -0.479 e. The van der Waals surface area contributed by atoms with Crippen LogP contribution in [-0.4, -0.2) is 63.1 Å². The lowest BCUT2D eigenvalue weighted by Gasteiger charge is -2.31. The molecule has 0 unspecified atom stereocenters. The van der Waals surface area contributed by atoms with Crippen LogP contribution in [0.4, 0.5) is 0 Å². The molecule has 0 aromatic heterocycles. The topological polar surface area (TPSA) is 113 Å². The van der Waals surface area contributed by atoms with Crippen molar-refractivity contribution in [3.63, 3.8) is 0 Å². The summed E-state index contributed by atoms with van der Waals surface area (Å²) in [5, 5.41) is 9.06. The molecule has 0 spiro atoms. The molecule has 1 aromatic rings. The fourth-order valence-electron chi connectivity index (χ4n) is 2.11. The number of amides is 1. The zero-order chi connectivity index (χ0) is 17.2. The van der Waals surface area contributed by atoms with Crippen LogP contribution >= 0.6 is 11.6 Å². The molecule has 1 aliphatic rings. The van der Waals surface area contributed by atoms with Gasteiger partial charge in [-0.15, -0.1) is 0 Å². The van der Waals surface area contributed by atoms with E-state index in [2.05, 4.69) is 4.72 Å². The summed E-state index contributed by atoms with van der Waals surface area (Å²) >= 11 is 5.99. The third kappa shape index (κ3) is 3.81. The average molecular weight is 363 g/mol. The van der Waals surface area contributed by atoms with Crippen molar-refractivity contribution in [2.24, 2.45) is 0 Å². The second-order valence-electron chi connectivity index (χ2n) is 4.80. The van der Waals surface area contributed by atoms with Crippen molar-refractivity contribution < 1.29 is 27.9 Å². The largest absolute Gasteiger partial charge is 0.479 e. The van der Waals surface area contributed by atoms with Gasteiger partial charge in [0.2, 0.25) is 10.0 Å². The van der Waals surface area contributed by atoms with E-state index < -0.39 is 28.0 Å². The number of rotatable bonds is 4. The number of carbonyl (C=O) groups is 2. The maximum atomic E-state index is 12.5. The Morgan fingerprint density at radius 2 is 2.13 bits per heavy atom. The third-order valence-corrected chi connectivity index (χ3v) is 5.12. The summed E-state index contributed by atoms with van der Waals surface area (Å²) < 4.78 is 30.9. The Kier molecular flexibility index (Phi) is 5.25. The molecule has 1 aromatic carbocycles. The van der Waals surface area contributed by atoms with Gasteiger partial charge in [-0.2, -0.15) is 0 Å². The lowest BCUT2D eigenvalue weighted by molar-refractivity contribution is -0.154. The number of hydrogen-bond donors (Lipinski definition) is 2. The van der Waals surface area contributed by atoms with Crippen LogP contribution in [0.15, 0.2) is 23.1 Å². The van der Waals surface area contributed by atoms with Crippen molar-refractivity contribution in [3.05, 3.63) is 28.8 Å². The predicted octanol–water partition coefficient (Wildman–Crippen LogP) is 0.174. The summed E-state index contributed by atoms with van der Waals surface area (Å²) in [7, 11) is -2.47. The Balaban J connectivity index is 2.32. The molecule has 1 heterocycles. The summed E-state index contributed by atoms with van der Waals surface area (Å²) in [6, 6.07) is 3.76. The van der Waals surface area contributed by atoms with E-state index in [0.29, 0.717) is 0 Å².